The summed E-state index contributed by atoms with van der Waals surface area (Å²) in [6.07, 6.45) is 5.93. The van der Waals surface area contributed by atoms with Crippen molar-refractivity contribution in [3.05, 3.63) is 23.8 Å². The van der Waals surface area contributed by atoms with Gasteiger partial charge in [0.25, 0.3) is 0 Å². The normalized spacial score (nSPS) is 20.3. The molecule has 0 aromatic carbocycles. The lowest BCUT2D eigenvalue weighted by Crippen LogP contribution is -2.21. The number of aromatic amines is 1. The van der Waals surface area contributed by atoms with E-state index in [4.69, 9.17) is 14.7 Å². The van der Waals surface area contributed by atoms with Crippen molar-refractivity contribution in [1.29, 1.82) is 0 Å². The van der Waals surface area contributed by atoms with E-state index in [1.54, 1.807) is 18.0 Å². The summed E-state index contributed by atoms with van der Waals surface area (Å²) in [6, 6.07) is 1.91. The molecule has 0 bridgehead atoms. The average Bonchev–Trinajstić information content (AvgIpc) is 3.28. The molecule has 3 aromatic heterocycles. The Morgan fingerprint density at radius 2 is 2.11 bits per heavy atom. The smallest absolute Gasteiger partial charge is 0.163 e. The number of methoxy groups -OCH3 is 1. The van der Waals surface area contributed by atoms with Crippen LogP contribution in [0.5, 0.6) is 0 Å². The van der Waals surface area contributed by atoms with Crippen LogP contribution in [-0.2, 0) is 11.3 Å². The molecule has 8 nitrogen and oxygen atoms in total. The Morgan fingerprint density at radius 3 is 2.78 bits per heavy atom. The van der Waals surface area contributed by atoms with Gasteiger partial charge in [0.05, 0.1) is 24.2 Å². The Hall–Kier alpha value is -2.55. The van der Waals surface area contributed by atoms with Crippen LogP contribution in [0, 0.1) is 6.92 Å². The highest BCUT2D eigenvalue weighted by atomic mass is 19.1. The van der Waals surface area contributed by atoms with E-state index in [9.17, 15) is 4.39 Å². The van der Waals surface area contributed by atoms with Gasteiger partial charge in [-0.15, -0.1) is 0 Å². The molecule has 0 aliphatic heterocycles. The second-order valence-corrected chi connectivity index (χ2v) is 6.99. The lowest BCUT2D eigenvalue weighted by molar-refractivity contribution is 0.0651. The minimum absolute atomic E-state index is 0.178. The first kappa shape index (κ1) is 17.8. The first-order chi connectivity index (χ1) is 13.2. The zero-order valence-corrected chi connectivity index (χ0v) is 15.6. The van der Waals surface area contributed by atoms with Gasteiger partial charge in [-0.3, -0.25) is 5.10 Å². The van der Waals surface area contributed by atoms with Gasteiger partial charge < -0.3 is 10.1 Å². The second kappa shape index (κ2) is 7.59. The van der Waals surface area contributed by atoms with E-state index >= 15 is 0 Å². The molecule has 2 N–H and O–H groups in total. The predicted molar refractivity (Wildman–Crippen MR) is 99.9 cm³/mol. The maximum Gasteiger partial charge on any atom is 0.163 e. The summed E-state index contributed by atoms with van der Waals surface area (Å²) in [7, 11) is 1.76. The number of hydrogen-bond acceptors (Lipinski definition) is 6. The minimum atomic E-state index is -0.490. The molecule has 0 amide bonds. The predicted octanol–water partition coefficient (Wildman–Crippen LogP) is 3.24. The van der Waals surface area contributed by atoms with Gasteiger partial charge in [0.15, 0.2) is 11.5 Å². The van der Waals surface area contributed by atoms with Crippen molar-refractivity contribution >= 4 is 22.7 Å². The summed E-state index contributed by atoms with van der Waals surface area (Å²) in [5, 5.41) is 15.4. The summed E-state index contributed by atoms with van der Waals surface area (Å²) in [4.78, 5) is 9.54. The number of alkyl halides is 1. The molecule has 0 saturated heterocycles. The van der Waals surface area contributed by atoms with Crippen LogP contribution in [0.15, 0.2) is 12.3 Å². The van der Waals surface area contributed by atoms with Crippen LogP contribution in [-0.4, -0.2) is 49.8 Å². The quantitative estimate of drug-likeness (QED) is 0.689. The zero-order chi connectivity index (χ0) is 18.8. The SMILES string of the molecule is CO[C@H]1CC[C@@H](c2nc(Nc3cc(C)[nH]n3)c3cnn(CCF)c3n2)CC1. The third-order valence-corrected chi connectivity index (χ3v) is 5.13. The number of ether oxygens (including phenoxy) is 1. The molecule has 1 saturated carbocycles. The Balaban J connectivity index is 1.71. The maximum absolute atomic E-state index is 12.9. The van der Waals surface area contributed by atoms with Gasteiger partial charge in [0.2, 0.25) is 0 Å². The van der Waals surface area contributed by atoms with Gasteiger partial charge in [-0.2, -0.15) is 10.2 Å². The van der Waals surface area contributed by atoms with Crippen LogP contribution < -0.4 is 5.32 Å². The number of hydrogen-bond donors (Lipinski definition) is 2. The van der Waals surface area contributed by atoms with Crippen LogP contribution in [0.4, 0.5) is 16.0 Å². The van der Waals surface area contributed by atoms with E-state index in [1.165, 1.54) is 0 Å². The first-order valence-electron chi connectivity index (χ1n) is 9.29. The minimum Gasteiger partial charge on any atom is -0.381 e. The van der Waals surface area contributed by atoms with Crippen LogP contribution in [0.3, 0.4) is 0 Å². The number of nitrogens with zero attached hydrogens (tertiary/aromatic N) is 5. The highest BCUT2D eigenvalue weighted by Gasteiger charge is 2.26. The fourth-order valence-corrected chi connectivity index (χ4v) is 3.65. The van der Waals surface area contributed by atoms with E-state index < -0.39 is 6.67 Å². The molecule has 0 unspecified atom stereocenters. The molecule has 1 aliphatic rings. The molecule has 0 atom stereocenters. The van der Waals surface area contributed by atoms with Crippen LogP contribution in [0.25, 0.3) is 11.0 Å². The molecule has 0 radical (unpaired) electrons. The molecular weight excluding hydrogens is 349 g/mol. The van der Waals surface area contributed by atoms with Crippen molar-refractivity contribution in [1.82, 2.24) is 29.9 Å². The van der Waals surface area contributed by atoms with Crippen LogP contribution in [0.2, 0.25) is 0 Å². The molecule has 1 aliphatic carbocycles. The van der Waals surface area contributed by atoms with Crippen molar-refractivity contribution in [2.75, 3.05) is 19.1 Å². The molecule has 144 valence electrons. The maximum atomic E-state index is 12.9. The molecule has 0 spiro atoms. The van der Waals surface area contributed by atoms with Crippen LogP contribution >= 0.6 is 0 Å². The highest BCUT2D eigenvalue weighted by Crippen LogP contribution is 2.34. The van der Waals surface area contributed by atoms with Gasteiger partial charge in [0, 0.05) is 24.8 Å². The molecule has 4 rings (SSSR count). The third kappa shape index (κ3) is 3.64. The van der Waals surface area contributed by atoms with E-state index in [1.807, 2.05) is 13.0 Å². The number of rotatable bonds is 6. The first-order valence-corrected chi connectivity index (χ1v) is 9.29. The van der Waals surface area contributed by atoms with Gasteiger partial charge >= 0.3 is 0 Å². The van der Waals surface area contributed by atoms with E-state index in [2.05, 4.69) is 20.6 Å². The molecule has 1 fully saturated rings. The molecule has 3 aromatic rings. The van der Waals surface area contributed by atoms with Gasteiger partial charge in [-0.1, -0.05) is 0 Å². The summed E-state index contributed by atoms with van der Waals surface area (Å²) >= 11 is 0. The Kier molecular flexibility index (Phi) is 5.02. The Morgan fingerprint density at radius 1 is 1.30 bits per heavy atom. The fourth-order valence-electron chi connectivity index (χ4n) is 3.65. The standard InChI is InChI=1S/C18H24FN7O/c1-11-9-15(25-24-11)21-17-14-10-20-26(8-7-19)18(14)23-16(22-17)12-3-5-13(27-2)6-4-12/h9-10,12-13H,3-8H2,1-2H3,(H2,21,22,23,24,25)/t12-,13+. The topological polar surface area (TPSA) is 93.5 Å². The van der Waals surface area contributed by atoms with Gasteiger partial charge in [0.1, 0.15) is 18.3 Å². The van der Waals surface area contributed by atoms with Crippen LogP contribution in [0.1, 0.15) is 43.1 Å². The lowest BCUT2D eigenvalue weighted by Gasteiger charge is -2.26. The summed E-state index contributed by atoms with van der Waals surface area (Å²) in [5.74, 6) is 2.36. The Labute approximate surface area is 156 Å². The number of halogens is 1. The Bertz CT molecular complexity index is 914. The number of anilines is 2. The second-order valence-electron chi connectivity index (χ2n) is 6.99. The fraction of sp³-hybridized carbons (Fsp3) is 0.556. The number of aromatic nitrogens is 6. The summed E-state index contributed by atoms with van der Waals surface area (Å²) in [5.41, 5.74) is 1.61. The van der Waals surface area contributed by atoms with Gasteiger partial charge in [-0.05, 0) is 32.6 Å². The third-order valence-electron chi connectivity index (χ3n) is 5.13. The number of aryl methyl sites for hydroxylation is 2. The molecule has 3 heterocycles. The highest BCUT2D eigenvalue weighted by molar-refractivity contribution is 5.88. The van der Waals surface area contributed by atoms with E-state index in [0.717, 1.165) is 42.6 Å². The van der Waals surface area contributed by atoms with Gasteiger partial charge in [-0.25, -0.2) is 19.0 Å². The monoisotopic (exact) mass is 373 g/mol. The summed E-state index contributed by atoms with van der Waals surface area (Å²) < 4.78 is 20.0. The average molecular weight is 373 g/mol. The number of nitrogens with one attached hydrogen (secondary N) is 2. The number of H-pyrrole nitrogens is 1. The zero-order valence-electron chi connectivity index (χ0n) is 15.6. The van der Waals surface area contributed by atoms with Crippen molar-refractivity contribution in [2.45, 2.75) is 51.2 Å². The van der Waals surface area contributed by atoms with Crippen molar-refractivity contribution in [3.63, 3.8) is 0 Å². The molecular formula is C18H24FN7O. The molecule has 9 heteroatoms. The largest absolute Gasteiger partial charge is 0.381 e. The lowest BCUT2D eigenvalue weighted by atomic mass is 9.87. The van der Waals surface area contributed by atoms with Crippen molar-refractivity contribution in [2.24, 2.45) is 0 Å². The summed E-state index contributed by atoms with van der Waals surface area (Å²) in [6.45, 7) is 1.63. The molecule has 27 heavy (non-hydrogen) atoms. The number of fused-ring (bicyclic) bond motifs is 1. The van der Waals surface area contributed by atoms with Crippen molar-refractivity contribution < 1.29 is 9.13 Å². The van der Waals surface area contributed by atoms with E-state index in [0.29, 0.717) is 23.4 Å². The van der Waals surface area contributed by atoms with Crippen molar-refractivity contribution in [3.8, 4) is 0 Å². The van der Waals surface area contributed by atoms with E-state index in [-0.39, 0.29) is 12.5 Å².